The van der Waals surface area contributed by atoms with Gasteiger partial charge in [0, 0.05) is 31.3 Å². The van der Waals surface area contributed by atoms with Gasteiger partial charge < -0.3 is 31.1 Å². The van der Waals surface area contributed by atoms with Gasteiger partial charge in [-0.1, -0.05) is 48.5 Å². The fourth-order valence-electron chi connectivity index (χ4n) is 4.07. The van der Waals surface area contributed by atoms with Crippen LogP contribution < -0.4 is 21.3 Å². The number of hydrogen-bond donors (Lipinski definition) is 5. The van der Waals surface area contributed by atoms with E-state index in [9.17, 15) is 29.1 Å². The van der Waals surface area contributed by atoms with Crippen molar-refractivity contribution in [3.63, 3.8) is 0 Å². The first kappa shape index (κ1) is 30.8. The van der Waals surface area contributed by atoms with Crippen LogP contribution in [-0.4, -0.2) is 76.8 Å². The number of benzene rings is 2. The van der Waals surface area contributed by atoms with Gasteiger partial charge in [0.05, 0.1) is 11.8 Å². The minimum atomic E-state index is -1.26. The Morgan fingerprint density at radius 1 is 0.800 bits per heavy atom. The summed E-state index contributed by atoms with van der Waals surface area (Å²) in [5.41, 5.74) is 4.24. The molecule has 13 heteroatoms. The molecular formula is C27H32N4O7S2. The smallest absolute Gasteiger partial charge is 0.407 e. The monoisotopic (exact) mass is 588 g/mol. The minimum absolute atomic E-state index is 0.00193. The molecule has 0 bridgehead atoms. The van der Waals surface area contributed by atoms with Crippen molar-refractivity contribution in [3.05, 3.63) is 59.7 Å². The molecule has 0 radical (unpaired) electrons. The molecule has 1 aliphatic carbocycles. The molecule has 0 spiro atoms. The van der Waals surface area contributed by atoms with Crippen LogP contribution in [-0.2, 0) is 23.9 Å². The first-order valence-corrected chi connectivity index (χ1v) is 14.8. The number of fused-ring (bicyclic) bond motifs is 3. The summed E-state index contributed by atoms with van der Waals surface area (Å²) in [5, 5.41) is 19.7. The van der Waals surface area contributed by atoms with Gasteiger partial charge in [-0.05, 0) is 22.3 Å². The highest BCUT2D eigenvalue weighted by Crippen LogP contribution is 2.44. The van der Waals surface area contributed by atoms with Gasteiger partial charge in [-0.3, -0.25) is 14.4 Å². The lowest BCUT2D eigenvalue weighted by Crippen LogP contribution is -2.53. The SMILES string of the molecule is CC(=O)NCSC[C@H](NC(=O)[C@H](CSCNC(C)=O)NC(=O)OCC1c2ccccc2-c2ccccc21)C(=O)O. The molecule has 0 fully saturated rings. The zero-order chi connectivity index (χ0) is 29.1. The molecule has 0 heterocycles. The van der Waals surface area contributed by atoms with Gasteiger partial charge in [-0.25, -0.2) is 9.59 Å². The van der Waals surface area contributed by atoms with Gasteiger partial charge in [-0.2, -0.15) is 0 Å². The Morgan fingerprint density at radius 2 is 1.30 bits per heavy atom. The number of amides is 4. The highest BCUT2D eigenvalue weighted by atomic mass is 32.2. The summed E-state index contributed by atoms with van der Waals surface area (Å²) in [5.74, 6) is -2.21. The maximum absolute atomic E-state index is 13.0. The quantitative estimate of drug-likeness (QED) is 0.164. The molecule has 40 heavy (non-hydrogen) atoms. The summed E-state index contributed by atoms with van der Waals surface area (Å²) >= 11 is 2.31. The number of hydrogen-bond acceptors (Lipinski definition) is 8. The lowest BCUT2D eigenvalue weighted by molar-refractivity contribution is -0.141. The highest BCUT2D eigenvalue weighted by molar-refractivity contribution is 7.99. The topological polar surface area (TPSA) is 163 Å². The Kier molecular flexibility index (Phi) is 11.7. The summed E-state index contributed by atoms with van der Waals surface area (Å²) in [7, 11) is 0. The molecule has 0 aliphatic heterocycles. The molecule has 0 aromatic heterocycles. The van der Waals surface area contributed by atoms with Crippen molar-refractivity contribution >= 4 is 53.3 Å². The Hall–Kier alpha value is -3.71. The van der Waals surface area contributed by atoms with E-state index in [0.29, 0.717) is 0 Å². The van der Waals surface area contributed by atoms with E-state index in [2.05, 4.69) is 21.3 Å². The standard InChI is InChI=1S/C27H32N4O7S2/c1-16(32)28-14-39-12-23(25(34)30-24(26(35)36)13-40-15-29-17(2)33)31-27(37)38-11-22-20-9-5-3-7-18(20)19-8-4-6-10-21(19)22/h3-10,22-24H,11-15H2,1-2H3,(H,28,32)(H,29,33)(H,30,34)(H,31,37)(H,35,36)/t23-,24-/m0/s1. The molecule has 1 aliphatic rings. The van der Waals surface area contributed by atoms with Crippen molar-refractivity contribution in [1.82, 2.24) is 21.3 Å². The average molecular weight is 589 g/mol. The maximum atomic E-state index is 13.0. The summed E-state index contributed by atoms with van der Waals surface area (Å²) < 4.78 is 5.55. The second kappa shape index (κ2) is 15.2. The number of nitrogens with one attached hydrogen (secondary N) is 4. The molecule has 5 N–H and O–H groups in total. The molecule has 2 aromatic carbocycles. The Labute approximate surface area is 240 Å². The third-order valence-corrected chi connectivity index (χ3v) is 7.82. The third-order valence-electron chi connectivity index (χ3n) is 5.98. The Balaban J connectivity index is 1.63. The van der Waals surface area contributed by atoms with Gasteiger partial charge in [-0.15, -0.1) is 23.5 Å². The van der Waals surface area contributed by atoms with Crippen LogP contribution in [0.1, 0.15) is 30.9 Å². The highest BCUT2D eigenvalue weighted by Gasteiger charge is 2.31. The third kappa shape index (κ3) is 8.91. The van der Waals surface area contributed by atoms with Gasteiger partial charge in [0.1, 0.15) is 18.7 Å². The number of carboxylic acids is 1. The normalized spacial score (nSPS) is 13.2. The minimum Gasteiger partial charge on any atom is -0.480 e. The van der Waals surface area contributed by atoms with Crippen molar-refractivity contribution in [1.29, 1.82) is 0 Å². The predicted octanol–water partition coefficient (Wildman–Crippen LogP) is 2.12. The summed E-state index contributed by atoms with van der Waals surface area (Å²) in [6.45, 7) is 2.75. The predicted molar refractivity (Wildman–Crippen MR) is 154 cm³/mol. The number of aliphatic carboxylic acids is 1. The van der Waals surface area contributed by atoms with Crippen molar-refractivity contribution in [2.45, 2.75) is 31.8 Å². The second-order valence-corrected chi connectivity index (χ2v) is 11.0. The van der Waals surface area contributed by atoms with Crippen LogP contribution >= 0.6 is 23.5 Å². The van der Waals surface area contributed by atoms with Crippen LogP contribution in [0.2, 0.25) is 0 Å². The first-order chi connectivity index (χ1) is 19.2. The molecule has 2 aromatic rings. The van der Waals surface area contributed by atoms with E-state index >= 15 is 0 Å². The number of carbonyl (C=O) groups excluding carboxylic acids is 4. The Morgan fingerprint density at radius 3 is 1.80 bits per heavy atom. The van der Waals surface area contributed by atoms with Crippen LogP contribution in [0.3, 0.4) is 0 Å². The number of carboxylic acid groups (broad SMARTS) is 1. The van der Waals surface area contributed by atoms with E-state index in [1.165, 1.54) is 25.6 Å². The van der Waals surface area contributed by atoms with Crippen LogP contribution in [0, 0.1) is 0 Å². The van der Waals surface area contributed by atoms with Gasteiger partial charge in [0.2, 0.25) is 17.7 Å². The molecule has 11 nitrogen and oxygen atoms in total. The fraction of sp³-hybridized carbons (Fsp3) is 0.370. The largest absolute Gasteiger partial charge is 0.480 e. The molecule has 0 saturated carbocycles. The lowest BCUT2D eigenvalue weighted by atomic mass is 9.98. The van der Waals surface area contributed by atoms with Crippen molar-refractivity contribution in [2.24, 2.45) is 0 Å². The average Bonchev–Trinajstić information content (AvgIpc) is 3.24. The summed E-state index contributed by atoms with van der Waals surface area (Å²) in [4.78, 5) is 59.8. The number of thioether (sulfide) groups is 2. The fourth-order valence-corrected chi connectivity index (χ4v) is 5.85. The molecule has 2 atom stereocenters. The second-order valence-electron chi connectivity index (χ2n) is 8.92. The van der Waals surface area contributed by atoms with Crippen LogP contribution in [0.15, 0.2) is 48.5 Å². The number of ether oxygens (including phenoxy) is 1. The number of alkyl carbamates (subject to hydrolysis) is 1. The van der Waals surface area contributed by atoms with E-state index < -0.39 is 30.1 Å². The zero-order valence-corrected chi connectivity index (χ0v) is 23.7. The van der Waals surface area contributed by atoms with Gasteiger partial charge >= 0.3 is 12.1 Å². The molecule has 0 unspecified atom stereocenters. The van der Waals surface area contributed by atoms with Gasteiger partial charge in [0.15, 0.2) is 0 Å². The molecule has 4 amide bonds. The summed E-state index contributed by atoms with van der Waals surface area (Å²) in [6.07, 6.45) is -0.825. The number of carbonyl (C=O) groups is 5. The van der Waals surface area contributed by atoms with E-state index in [1.54, 1.807) is 0 Å². The van der Waals surface area contributed by atoms with Crippen molar-refractivity contribution in [2.75, 3.05) is 29.9 Å². The van der Waals surface area contributed by atoms with E-state index in [1.807, 2.05) is 48.5 Å². The van der Waals surface area contributed by atoms with E-state index in [4.69, 9.17) is 4.74 Å². The molecule has 0 saturated heterocycles. The first-order valence-electron chi connectivity index (χ1n) is 12.5. The van der Waals surface area contributed by atoms with Crippen LogP contribution in [0.25, 0.3) is 11.1 Å². The van der Waals surface area contributed by atoms with E-state index in [-0.39, 0.29) is 47.6 Å². The molecular weight excluding hydrogens is 556 g/mol. The number of rotatable bonds is 14. The summed E-state index contributed by atoms with van der Waals surface area (Å²) in [6, 6.07) is 13.4. The zero-order valence-electron chi connectivity index (χ0n) is 22.1. The van der Waals surface area contributed by atoms with Crippen molar-refractivity contribution in [3.8, 4) is 11.1 Å². The molecule has 3 rings (SSSR count). The maximum Gasteiger partial charge on any atom is 0.407 e. The lowest BCUT2D eigenvalue weighted by Gasteiger charge is -2.22. The van der Waals surface area contributed by atoms with Gasteiger partial charge in [0.25, 0.3) is 0 Å². The van der Waals surface area contributed by atoms with E-state index in [0.717, 1.165) is 34.0 Å². The van der Waals surface area contributed by atoms with Crippen LogP contribution in [0.4, 0.5) is 4.79 Å². The van der Waals surface area contributed by atoms with Crippen LogP contribution in [0.5, 0.6) is 0 Å². The molecule has 214 valence electrons. The Bertz CT molecular complexity index is 1200. The van der Waals surface area contributed by atoms with Crippen molar-refractivity contribution < 1.29 is 33.8 Å².